The molecule has 2 rings (SSSR count). The summed E-state index contributed by atoms with van der Waals surface area (Å²) >= 11 is 0. The zero-order valence-electron chi connectivity index (χ0n) is 11.6. The highest BCUT2D eigenvalue weighted by Gasteiger charge is 2.23. The second-order valence-electron chi connectivity index (χ2n) is 5.41. The molecule has 1 aromatic rings. The third-order valence-corrected chi connectivity index (χ3v) is 3.55. The number of rotatable bonds is 5. The lowest BCUT2D eigenvalue weighted by Crippen LogP contribution is -2.30. The summed E-state index contributed by atoms with van der Waals surface area (Å²) in [7, 11) is 0. The first kappa shape index (κ1) is 14.6. The fraction of sp³-hybridized carbons (Fsp3) is 0.643. The number of carboxylic acid groups (broad SMARTS) is 1. The highest BCUT2D eigenvalue weighted by atomic mass is 16.5. The standard InChI is InChI=1S/C14H20N2O4/c1-9(7-12(17)18)8-15-14(19)13-10-5-3-2-4-6-11(10)20-16-13/h9H,2-8H2,1H3,(H,15,19)(H,17,18). The van der Waals surface area contributed by atoms with Gasteiger partial charge >= 0.3 is 5.97 Å². The molecule has 1 unspecified atom stereocenters. The fourth-order valence-electron chi connectivity index (χ4n) is 2.46. The average molecular weight is 280 g/mol. The van der Waals surface area contributed by atoms with E-state index in [1.165, 1.54) is 0 Å². The number of carbonyl (C=O) groups is 2. The quantitative estimate of drug-likeness (QED) is 0.802. The minimum atomic E-state index is -0.859. The second-order valence-corrected chi connectivity index (χ2v) is 5.41. The zero-order chi connectivity index (χ0) is 14.5. The highest BCUT2D eigenvalue weighted by molar-refractivity contribution is 5.93. The van der Waals surface area contributed by atoms with E-state index >= 15 is 0 Å². The number of carbonyl (C=O) groups excluding carboxylic acids is 1. The van der Waals surface area contributed by atoms with E-state index in [9.17, 15) is 9.59 Å². The van der Waals surface area contributed by atoms with Crippen LogP contribution in [-0.2, 0) is 17.6 Å². The summed E-state index contributed by atoms with van der Waals surface area (Å²) in [6.07, 6.45) is 4.96. The Labute approximate surface area is 117 Å². The molecule has 6 heteroatoms. The number of aryl methyl sites for hydroxylation is 1. The van der Waals surface area contributed by atoms with Crippen molar-refractivity contribution in [3.05, 3.63) is 17.0 Å². The van der Waals surface area contributed by atoms with Crippen molar-refractivity contribution in [3.8, 4) is 0 Å². The van der Waals surface area contributed by atoms with Crippen LogP contribution >= 0.6 is 0 Å². The maximum Gasteiger partial charge on any atom is 0.303 e. The zero-order valence-corrected chi connectivity index (χ0v) is 11.6. The fourth-order valence-corrected chi connectivity index (χ4v) is 2.46. The Balaban J connectivity index is 1.96. The Bertz CT molecular complexity index is 495. The Kier molecular flexibility index (Phi) is 4.76. The third-order valence-electron chi connectivity index (χ3n) is 3.55. The highest BCUT2D eigenvalue weighted by Crippen LogP contribution is 2.23. The Morgan fingerprint density at radius 2 is 2.10 bits per heavy atom. The van der Waals surface area contributed by atoms with Gasteiger partial charge < -0.3 is 14.9 Å². The Morgan fingerprint density at radius 3 is 2.85 bits per heavy atom. The molecule has 0 radical (unpaired) electrons. The molecule has 20 heavy (non-hydrogen) atoms. The number of nitrogens with one attached hydrogen (secondary N) is 1. The van der Waals surface area contributed by atoms with Crippen molar-refractivity contribution in [2.45, 2.75) is 45.4 Å². The van der Waals surface area contributed by atoms with Gasteiger partial charge in [-0.25, -0.2) is 0 Å². The van der Waals surface area contributed by atoms with Crippen LogP contribution < -0.4 is 5.32 Å². The van der Waals surface area contributed by atoms with Crippen LogP contribution in [0.4, 0.5) is 0 Å². The molecule has 0 aromatic carbocycles. The number of aliphatic carboxylic acids is 1. The van der Waals surface area contributed by atoms with E-state index in [1.807, 2.05) is 0 Å². The normalized spacial score (nSPS) is 16.1. The molecule has 0 saturated carbocycles. The molecule has 1 atom stereocenters. The first-order valence-electron chi connectivity index (χ1n) is 7.05. The van der Waals surface area contributed by atoms with Crippen LogP contribution in [0.15, 0.2) is 4.52 Å². The molecule has 0 aliphatic heterocycles. The van der Waals surface area contributed by atoms with Crippen LogP contribution in [0.1, 0.15) is 54.4 Å². The van der Waals surface area contributed by atoms with Crippen LogP contribution in [0.2, 0.25) is 0 Å². The summed E-state index contributed by atoms with van der Waals surface area (Å²) in [5.74, 6) is -0.413. The van der Waals surface area contributed by atoms with Gasteiger partial charge in [-0.15, -0.1) is 0 Å². The third kappa shape index (κ3) is 3.59. The van der Waals surface area contributed by atoms with E-state index < -0.39 is 5.97 Å². The van der Waals surface area contributed by atoms with Crippen molar-refractivity contribution < 1.29 is 19.2 Å². The lowest BCUT2D eigenvalue weighted by Gasteiger charge is -2.09. The minimum Gasteiger partial charge on any atom is -0.481 e. The summed E-state index contributed by atoms with van der Waals surface area (Å²) in [5.41, 5.74) is 1.29. The maximum absolute atomic E-state index is 12.1. The predicted octanol–water partition coefficient (Wildman–Crippen LogP) is 1.78. The van der Waals surface area contributed by atoms with Gasteiger partial charge in [0, 0.05) is 24.9 Å². The monoisotopic (exact) mass is 280 g/mol. The molecular weight excluding hydrogens is 260 g/mol. The smallest absolute Gasteiger partial charge is 0.303 e. The van der Waals surface area contributed by atoms with Gasteiger partial charge in [-0.05, 0) is 25.2 Å². The van der Waals surface area contributed by atoms with Crippen molar-refractivity contribution in [1.29, 1.82) is 0 Å². The average Bonchev–Trinajstić information content (AvgIpc) is 2.64. The van der Waals surface area contributed by atoms with Crippen molar-refractivity contribution in [3.63, 3.8) is 0 Å². The van der Waals surface area contributed by atoms with Gasteiger partial charge in [0.1, 0.15) is 5.76 Å². The minimum absolute atomic E-state index is 0.0389. The number of hydrogen-bond donors (Lipinski definition) is 2. The van der Waals surface area contributed by atoms with E-state index in [0.717, 1.165) is 43.4 Å². The van der Waals surface area contributed by atoms with E-state index in [0.29, 0.717) is 12.2 Å². The number of nitrogens with zero attached hydrogens (tertiary/aromatic N) is 1. The lowest BCUT2D eigenvalue weighted by molar-refractivity contribution is -0.137. The number of carboxylic acids is 1. The second kappa shape index (κ2) is 6.54. The maximum atomic E-state index is 12.1. The van der Waals surface area contributed by atoms with Crippen LogP contribution in [0, 0.1) is 5.92 Å². The van der Waals surface area contributed by atoms with Crippen LogP contribution in [0.25, 0.3) is 0 Å². The number of fused-ring (bicyclic) bond motifs is 1. The first-order chi connectivity index (χ1) is 9.58. The van der Waals surface area contributed by atoms with E-state index in [1.54, 1.807) is 6.92 Å². The Hall–Kier alpha value is -1.85. The van der Waals surface area contributed by atoms with Gasteiger partial charge in [0.05, 0.1) is 0 Å². The Morgan fingerprint density at radius 1 is 1.35 bits per heavy atom. The number of hydrogen-bond acceptors (Lipinski definition) is 4. The predicted molar refractivity (Wildman–Crippen MR) is 71.5 cm³/mol. The topological polar surface area (TPSA) is 92.4 Å². The summed E-state index contributed by atoms with van der Waals surface area (Å²) in [6, 6.07) is 0. The molecule has 0 spiro atoms. The first-order valence-corrected chi connectivity index (χ1v) is 7.05. The van der Waals surface area contributed by atoms with Gasteiger partial charge in [0.15, 0.2) is 5.69 Å². The SMILES string of the molecule is CC(CNC(=O)c1noc2c1CCCCC2)CC(=O)O. The summed E-state index contributed by atoms with van der Waals surface area (Å²) in [5, 5.41) is 15.3. The van der Waals surface area contributed by atoms with Gasteiger partial charge in [0.2, 0.25) is 0 Å². The lowest BCUT2D eigenvalue weighted by atomic mass is 10.1. The molecule has 6 nitrogen and oxygen atoms in total. The van der Waals surface area contributed by atoms with E-state index in [-0.39, 0.29) is 18.2 Å². The molecular formula is C14H20N2O4. The molecule has 0 fully saturated rings. The van der Waals surface area contributed by atoms with Crippen molar-refractivity contribution in [2.24, 2.45) is 5.92 Å². The van der Waals surface area contributed by atoms with Crippen molar-refractivity contribution in [2.75, 3.05) is 6.54 Å². The van der Waals surface area contributed by atoms with Crippen LogP contribution in [0.3, 0.4) is 0 Å². The largest absolute Gasteiger partial charge is 0.481 e. The van der Waals surface area contributed by atoms with Gasteiger partial charge in [0.25, 0.3) is 5.91 Å². The molecule has 1 aliphatic rings. The van der Waals surface area contributed by atoms with E-state index in [2.05, 4.69) is 10.5 Å². The van der Waals surface area contributed by atoms with Crippen LogP contribution in [-0.4, -0.2) is 28.7 Å². The summed E-state index contributed by atoms with van der Waals surface area (Å²) in [6.45, 7) is 2.12. The van der Waals surface area contributed by atoms with Gasteiger partial charge in [-0.3, -0.25) is 9.59 Å². The van der Waals surface area contributed by atoms with Crippen molar-refractivity contribution in [1.82, 2.24) is 10.5 Å². The molecule has 110 valence electrons. The molecule has 2 N–H and O–H groups in total. The molecule has 1 amide bonds. The number of amides is 1. The molecule has 0 bridgehead atoms. The number of aromatic nitrogens is 1. The molecule has 1 heterocycles. The molecule has 1 aromatic heterocycles. The molecule has 1 aliphatic carbocycles. The van der Waals surface area contributed by atoms with Crippen molar-refractivity contribution >= 4 is 11.9 Å². The van der Waals surface area contributed by atoms with Gasteiger partial charge in [-0.1, -0.05) is 18.5 Å². The van der Waals surface area contributed by atoms with Crippen LogP contribution in [0.5, 0.6) is 0 Å². The summed E-state index contributed by atoms with van der Waals surface area (Å²) < 4.78 is 5.25. The van der Waals surface area contributed by atoms with Gasteiger partial charge in [-0.2, -0.15) is 0 Å². The summed E-state index contributed by atoms with van der Waals surface area (Å²) in [4.78, 5) is 22.7. The van der Waals surface area contributed by atoms with E-state index in [4.69, 9.17) is 9.63 Å². The molecule has 0 saturated heterocycles.